The Morgan fingerprint density at radius 3 is 2.73 bits per heavy atom. The molecule has 0 aliphatic carbocycles. The fourth-order valence-corrected chi connectivity index (χ4v) is 4.31. The van der Waals surface area contributed by atoms with Gasteiger partial charge in [0.15, 0.2) is 0 Å². The smallest absolute Gasteiger partial charge is 0.260 e. The van der Waals surface area contributed by atoms with Gasteiger partial charge >= 0.3 is 0 Å². The summed E-state index contributed by atoms with van der Waals surface area (Å²) in [6.45, 7) is 0.583. The molecule has 0 bridgehead atoms. The van der Waals surface area contributed by atoms with E-state index in [-0.39, 0.29) is 11.8 Å². The van der Waals surface area contributed by atoms with Gasteiger partial charge in [-0.05, 0) is 30.2 Å². The molecule has 0 unspecified atom stereocenters. The van der Waals surface area contributed by atoms with Crippen LogP contribution in [0.2, 0.25) is 0 Å². The second-order valence-corrected chi connectivity index (χ2v) is 7.93. The van der Waals surface area contributed by atoms with Crippen molar-refractivity contribution in [1.82, 2.24) is 30.2 Å². The van der Waals surface area contributed by atoms with Crippen LogP contribution in [-0.2, 0) is 17.8 Å². The van der Waals surface area contributed by atoms with E-state index in [1.165, 1.54) is 0 Å². The zero-order valence-electron chi connectivity index (χ0n) is 17.4. The highest BCUT2D eigenvalue weighted by Gasteiger charge is 2.27. The van der Waals surface area contributed by atoms with Gasteiger partial charge in [-0.15, -0.1) is 0 Å². The monoisotopic (exact) mass is 440 g/mol. The van der Waals surface area contributed by atoms with E-state index >= 15 is 0 Å². The molecule has 2 aromatic carbocycles. The largest absolute Gasteiger partial charge is 0.357 e. The van der Waals surface area contributed by atoms with Crippen molar-refractivity contribution in [1.29, 1.82) is 0 Å². The molecule has 4 heterocycles. The Morgan fingerprint density at radius 2 is 1.85 bits per heavy atom. The fourth-order valence-electron chi connectivity index (χ4n) is 4.31. The maximum absolute atomic E-state index is 13.0. The summed E-state index contributed by atoms with van der Waals surface area (Å²) in [4.78, 5) is 43.5. The van der Waals surface area contributed by atoms with E-state index in [0.717, 1.165) is 22.2 Å². The molecule has 3 aromatic heterocycles. The summed E-state index contributed by atoms with van der Waals surface area (Å²) in [5, 5.41) is 9.98. The molecule has 2 amide bonds. The maximum Gasteiger partial charge on any atom is 0.260 e. The van der Waals surface area contributed by atoms with Crippen molar-refractivity contribution >= 4 is 45.6 Å². The third-order valence-electron chi connectivity index (χ3n) is 5.88. The number of nitrogens with zero attached hydrogens (tertiary/aromatic N) is 2. The van der Waals surface area contributed by atoms with E-state index in [1.807, 2.05) is 18.2 Å². The number of H-pyrrole nitrogens is 3. The van der Waals surface area contributed by atoms with Gasteiger partial charge in [-0.3, -0.25) is 25.5 Å². The summed E-state index contributed by atoms with van der Waals surface area (Å²) in [5.74, 6) is 0.105. The SMILES string of the molecule is O=C(Nc1ncc[nH]1)c1cccc2[nH]c(NC(=O)[C@@H]3Cc4c([nH]c5ccccc45)CN3)nc12. The molecule has 10 nitrogen and oxygen atoms in total. The molecular weight excluding hydrogens is 420 g/mol. The molecule has 1 aliphatic heterocycles. The number of imidazole rings is 2. The number of rotatable bonds is 4. The summed E-state index contributed by atoms with van der Waals surface area (Å²) in [7, 11) is 0. The summed E-state index contributed by atoms with van der Waals surface area (Å²) in [6, 6.07) is 12.9. The van der Waals surface area contributed by atoms with Crippen LogP contribution in [0.25, 0.3) is 21.9 Å². The average Bonchev–Trinajstić information content (AvgIpc) is 3.56. The van der Waals surface area contributed by atoms with Crippen LogP contribution in [0.3, 0.4) is 0 Å². The molecule has 1 aliphatic rings. The minimum atomic E-state index is -0.397. The molecule has 6 rings (SSSR count). The number of aromatic nitrogens is 5. The predicted octanol–water partition coefficient (Wildman–Crippen LogP) is 2.67. The summed E-state index contributed by atoms with van der Waals surface area (Å²) < 4.78 is 0. The van der Waals surface area contributed by atoms with Crippen molar-refractivity contribution < 1.29 is 9.59 Å². The van der Waals surface area contributed by atoms with E-state index in [4.69, 9.17) is 0 Å². The Morgan fingerprint density at radius 1 is 0.970 bits per heavy atom. The Hall–Kier alpha value is -4.44. The second-order valence-electron chi connectivity index (χ2n) is 7.93. The van der Waals surface area contributed by atoms with Crippen molar-refractivity contribution in [3.05, 3.63) is 71.7 Å². The molecule has 33 heavy (non-hydrogen) atoms. The molecule has 1 atom stereocenters. The van der Waals surface area contributed by atoms with Gasteiger partial charge in [0.1, 0.15) is 5.52 Å². The van der Waals surface area contributed by atoms with Gasteiger partial charge in [-0.2, -0.15) is 0 Å². The highest BCUT2D eigenvalue weighted by atomic mass is 16.2. The predicted molar refractivity (Wildman–Crippen MR) is 124 cm³/mol. The van der Waals surface area contributed by atoms with Crippen LogP contribution < -0.4 is 16.0 Å². The summed E-state index contributed by atoms with van der Waals surface area (Å²) in [6.07, 6.45) is 3.75. The summed E-state index contributed by atoms with van der Waals surface area (Å²) in [5.41, 5.74) is 4.82. The van der Waals surface area contributed by atoms with E-state index < -0.39 is 6.04 Å². The minimum absolute atomic E-state index is 0.188. The van der Waals surface area contributed by atoms with Crippen molar-refractivity contribution in [2.75, 3.05) is 10.6 Å². The van der Waals surface area contributed by atoms with E-state index in [9.17, 15) is 9.59 Å². The Balaban J connectivity index is 1.22. The number of carbonyl (C=O) groups excluding carboxylic acids is 2. The Bertz CT molecular complexity index is 1500. The first-order valence-electron chi connectivity index (χ1n) is 10.6. The lowest BCUT2D eigenvalue weighted by Gasteiger charge is -2.23. The zero-order chi connectivity index (χ0) is 22.4. The van der Waals surface area contributed by atoms with Crippen LogP contribution in [0.5, 0.6) is 0 Å². The standard InChI is InChI=1S/C23H20N8O2/c32-20(30-22-24-8-9-25-22)13-5-3-7-16-19(13)29-23(28-16)31-21(33)17-10-14-12-4-1-2-6-15(12)27-18(14)11-26-17/h1-9,17,26-27H,10-11H2,(H2,24,25,30,32)(H2,28,29,31,33)/t17-/m0/s1. The fraction of sp³-hybridized carbons (Fsp3) is 0.130. The molecule has 0 saturated carbocycles. The molecule has 0 fully saturated rings. The average molecular weight is 440 g/mol. The van der Waals surface area contributed by atoms with Crippen molar-refractivity contribution in [2.45, 2.75) is 19.0 Å². The molecule has 164 valence electrons. The first kappa shape index (κ1) is 19.3. The topological polar surface area (TPSA) is 143 Å². The number of fused-ring (bicyclic) bond motifs is 4. The van der Waals surface area contributed by atoms with Gasteiger partial charge in [-0.25, -0.2) is 9.97 Å². The normalized spacial score (nSPS) is 15.5. The molecule has 6 N–H and O–H groups in total. The number of benzene rings is 2. The lowest BCUT2D eigenvalue weighted by atomic mass is 9.98. The van der Waals surface area contributed by atoms with Gasteiger partial charge in [0.2, 0.25) is 17.8 Å². The van der Waals surface area contributed by atoms with E-state index in [1.54, 1.807) is 30.6 Å². The minimum Gasteiger partial charge on any atom is -0.357 e. The van der Waals surface area contributed by atoms with Gasteiger partial charge in [0.05, 0.1) is 17.1 Å². The first-order valence-corrected chi connectivity index (χ1v) is 10.6. The van der Waals surface area contributed by atoms with Crippen LogP contribution in [0.4, 0.5) is 11.9 Å². The van der Waals surface area contributed by atoms with Crippen molar-refractivity contribution in [3.63, 3.8) is 0 Å². The van der Waals surface area contributed by atoms with Gasteiger partial charge in [0, 0.05) is 35.5 Å². The molecule has 0 saturated heterocycles. The molecular formula is C23H20N8O2. The molecule has 5 aromatic rings. The number of aromatic amines is 3. The highest BCUT2D eigenvalue weighted by Crippen LogP contribution is 2.27. The number of carbonyl (C=O) groups is 2. The van der Waals surface area contributed by atoms with Crippen molar-refractivity contribution in [2.24, 2.45) is 0 Å². The Kier molecular flexibility index (Phi) is 4.44. The van der Waals surface area contributed by atoms with Crippen LogP contribution >= 0.6 is 0 Å². The molecule has 10 heteroatoms. The van der Waals surface area contributed by atoms with E-state index in [0.29, 0.717) is 41.5 Å². The van der Waals surface area contributed by atoms with Crippen LogP contribution in [0.1, 0.15) is 21.6 Å². The summed E-state index contributed by atoms with van der Waals surface area (Å²) >= 11 is 0. The lowest BCUT2D eigenvalue weighted by Crippen LogP contribution is -2.44. The number of amides is 2. The van der Waals surface area contributed by atoms with Crippen molar-refractivity contribution in [3.8, 4) is 0 Å². The zero-order valence-corrected chi connectivity index (χ0v) is 17.4. The van der Waals surface area contributed by atoms with Gasteiger partial charge < -0.3 is 15.0 Å². The number of hydrogen-bond acceptors (Lipinski definition) is 5. The first-order chi connectivity index (χ1) is 16.2. The van der Waals surface area contributed by atoms with Crippen LogP contribution in [-0.4, -0.2) is 42.8 Å². The molecule has 0 spiro atoms. The number of nitrogens with one attached hydrogen (secondary N) is 6. The van der Waals surface area contributed by atoms with Crippen LogP contribution in [0, 0.1) is 0 Å². The number of para-hydroxylation sites is 2. The second kappa shape index (κ2) is 7.61. The highest BCUT2D eigenvalue weighted by molar-refractivity contribution is 6.11. The van der Waals surface area contributed by atoms with E-state index in [2.05, 4.69) is 46.9 Å². The number of hydrogen-bond donors (Lipinski definition) is 6. The lowest BCUT2D eigenvalue weighted by molar-refractivity contribution is -0.118. The third kappa shape index (κ3) is 3.42. The van der Waals surface area contributed by atoms with Gasteiger partial charge in [0.25, 0.3) is 5.91 Å². The molecule has 0 radical (unpaired) electrons. The third-order valence-corrected chi connectivity index (χ3v) is 5.88. The number of anilines is 2. The van der Waals surface area contributed by atoms with Gasteiger partial charge in [-0.1, -0.05) is 24.3 Å². The maximum atomic E-state index is 13.0. The van der Waals surface area contributed by atoms with Crippen LogP contribution in [0.15, 0.2) is 54.9 Å². The quantitative estimate of drug-likeness (QED) is 0.255. The Labute approximate surface area is 187 Å².